The van der Waals surface area contributed by atoms with Crippen LogP contribution in [0.2, 0.25) is 0 Å². The summed E-state index contributed by atoms with van der Waals surface area (Å²) in [6.07, 6.45) is 0.970. The Morgan fingerprint density at radius 3 is 2.60 bits per heavy atom. The lowest BCUT2D eigenvalue weighted by molar-refractivity contribution is 0.0625. The lowest BCUT2D eigenvalue weighted by atomic mass is 10.1. The van der Waals surface area contributed by atoms with Crippen molar-refractivity contribution in [2.24, 2.45) is 0 Å². The second-order valence-electron chi connectivity index (χ2n) is 7.43. The van der Waals surface area contributed by atoms with E-state index in [0.29, 0.717) is 35.8 Å². The summed E-state index contributed by atoms with van der Waals surface area (Å²) < 4.78 is 29.6. The van der Waals surface area contributed by atoms with Gasteiger partial charge in [0, 0.05) is 66.1 Å². The number of nitrogens with zero attached hydrogens (tertiary/aromatic N) is 4. The number of ether oxygens (including phenoxy) is 2. The molecular weight excluding hydrogens is 391 g/mol. The van der Waals surface area contributed by atoms with E-state index in [1.165, 1.54) is 19.2 Å². The Hall–Kier alpha value is -2.65. The highest BCUT2D eigenvalue weighted by atomic mass is 19.1. The Morgan fingerprint density at radius 2 is 1.97 bits per heavy atom. The minimum atomic E-state index is -0.480. The summed E-state index contributed by atoms with van der Waals surface area (Å²) in [6.45, 7) is 4.53. The molecule has 0 aliphatic carbocycles. The molecule has 0 radical (unpaired) electrons. The first-order valence-corrected chi connectivity index (χ1v) is 9.97. The van der Waals surface area contributed by atoms with Crippen LogP contribution in [0.15, 0.2) is 22.7 Å². The summed E-state index contributed by atoms with van der Waals surface area (Å²) in [5, 5.41) is 4.10. The SMILES string of the molecule is COCCCN1CCN(C(=O)c2c(N(C)C)noc2-c2ccc(F)c(OC)c2)CC1. The lowest BCUT2D eigenvalue weighted by Gasteiger charge is -2.34. The molecule has 1 aromatic carbocycles. The number of benzene rings is 1. The van der Waals surface area contributed by atoms with E-state index in [1.807, 2.05) is 4.90 Å². The number of anilines is 1. The Balaban J connectivity index is 1.83. The predicted molar refractivity (Wildman–Crippen MR) is 112 cm³/mol. The number of aromatic nitrogens is 1. The summed E-state index contributed by atoms with van der Waals surface area (Å²) in [7, 11) is 6.70. The molecule has 0 saturated carbocycles. The van der Waals surface area contributed by atoms with Gasteiger partial charge in [-0.05, 0) is 24.6 Å². The van der Waals surface area contributed by atoms with Gasteiger partial charge in [-0.25, -0.2) is 4.39 Å². The van der Waals surface area contributed by atoms with Crippen molar-refractivity contribution in [1.29, 1.82) is 0 Å². The molecule has 1 aliphatic rings. The zero-order valence-corrected chi connectivity index (χ0v) is 18.0. The Morgan fingerprint density at radius 1 is 1.23 bits per heavy atom. The summed E-state index contributed by atoms with van der Waals surface area (Å²) in [6, 6.07) is 4.36. The molecule has 9 heteroatoms. The minimum absolute atomic E-state index is 0.0818. The minimum Gasteiger partial charge on any atom is -0.494 e. The van der Waals surface area contributed by atoms with Crippen molar-refractivity contribution >= 4 is 11.7 Å². The van der Waals surface area contributed by atoms with Crippen LogP contribution in [0.1, 0.15) is 16.8 Å². The van der Waals surface area contributed by atoms with E-state index < -0.39 is 5.82 Å². The molecule has 164 valence electrons. The van der Waals surface area contributed by atoms with Gasteiger partial charge >= 0.3 is 0 Å². The highest BCUT2D eigenvalue weighted by molar-refractivity contribution is 6.04. The number of halogens is 1. The third kappa shape index (κ3) is 4.73. The van der Waals surface area contributed by atoms with Crippen LogP contribution in [0.4, 0.5) is 10.2 Å². The average molecular weight is 420 g/mol. The second kappa shape index (κ2) is 9.90. The van der Waals surface area contributed by atoms with Gasteiger partial charge in [0.1, 0.15) is 5.56 Å². The normalized spacial score (nSPS) is 14.8. The molecule has 3 rings (SSSR count). The van der Waals surface area contributed by atoms with E-state index in [4.69, 9.17) is 14.0 Å². The van der Waals surface area contributed by atoms with Crippen molar-refractivity contribution in [2.75, 3.05) is 72.5 Å². The first-order valence-electron chi connectivity index (χ1n) is 9.97. The van der Waals surface area contributed by atoms with Crippen molar-refractivity contribution < 1.29 is 23.2 Å². The highest BCUT2D eigenvalue weighted by Crippen LogP contribution is 2.34. The number of hydrogen-bond acceptors (Lipinski definition) is 7. The number of carbonyl (C=O) groups excluding carboxylic acids is 1. The van der Waals surface area contributed by atoms with Crippen molar-refractivity contribution in [3.8, 4) is 17.1 Å². The monoisotopic (exact) mass is 420 g/mol. The van der Waals surface area contributed by atoms with Crippen LogP contribution in [-0.2, 0) is 4.74 Å². The van der Waals surface area contributed by atoms with Gasteiger partial charge in [-0.3, -0.25) is 9.69 Å². The van der Waals surface area contributed by atoms with Crippen LogP contribution in [0.3, 0.4) is 0 Å². The van der Waals surface area contributed by atoms with Crippen molar-refractivity contribution in [2.45, 2.75) is 6.42 Å². The van der Waals surface area contributed by atoms with E-state index in [2.05, 4.69) is 10.1 Å². The molecular formula is C21H29FN4O4. The summed E-state index contributed by atoms with van der Waals surface area (Å²) in [5.74, 6) is 0.213. The van der Waals surface area contributed by atoms with Crippen molar-refractivity contribution in [3.63, 3.8) is 0 Å². The van der Waals surface area contributed by atoms with Gasteiger partial charge in [-0.15, -0.1) is 0 Å². The number of carbonyl (C=O) groups is 1. The highest BCUT2D eigenvalue weighted by Gasteiger charge is 2.31. The number of piperazine rings is 1. The zero-order valence-electron chi connectivity index (χ0n) is 18.0. The molecule has 0 spiro atoms. The van der Waals surface area contributed by atoms with Crippen molar-refractivity contribution in [1.82, 2.24) is 15.0 Å². The molecule has 0 unspecified atom stereocenters. The van der Waals surface area contributed by atoms with Gasteiger partial charge in [0.25, 0.3) is 5.91 Å². The van der Waals surface area contributed by atoms with Gasteiger partial charge in [0.05, 0.1) is 7.11 Å². The molecule has 0 atom stereocenters. The molecule has 1 saturated heterocycles. The Kier molecular flexibility index (Phi) is 7.28. The zero-order chi connectivity index (χ0) is 21.7. The Labute approximate surface area is 176 Å². The van der Waals surface area contributed by atoms with Gasteiger partial charge < -0.3 is 23.8 Å². The number of amides is 1. The first kappa shape index (κ1) is 22.0. The van der Waals surface area contributed by atoms with Crippen LogP contribution in [0.25, 0.3) is 11.3 Å². The molecule has 2 heterocycles. The smallest absolute Gasteiger partial charge is 0.261 e. The average Bonchev–Trinajstić information content (AvgIpc) is 3.20. The van der Waals surface area contributed by atoms with E-state index >= 15 is 0 Å². The largest absolute Gasteiger partial charge is 0.494 e. The van der Waals surface area contributed by atoms with Crippen LogP contribution in [0.5, 0.6) is 5.75 Å². The van der Waals surface area contributed by atoms with Crippen LogP contribution in [0, 0.1) is 5.82 Å². The summed E-state index contributed by atoms with van der Waals surface area (Å²) >= 11 is 0. The first-order chi connectivity index (χ1) is 14.5. The molecule has 0 N–H and O–H groups in total. The fourth-order valence-electron chi connectivity index (χ4n) is 3.54. The molecule has 8 nitrogen and oxygen atoms in total. The van der Waals surface area contributed by atoms with E-state index in [1.54, 1.807) is 32.2 Å². The molecule has 1 fully saturated rings. The number of methoxy groups -OCH3 is 2. The third-order valence-electron chi connectivity index (χ3n) is 5.21. The molecule has 1 aromatic heterocycles. The quantitative estimate of drug-likeness (QED) is 0.607. The van der Waals surface area contributed by atoms with Gasteiger partial charge in [-0.2, -0.15) is 0 Å². The second-order valence-corrected chi connectivity index (χ2v) is 7.43. The predicted octanol–water partition coefficient (Wildman–Crippen LogP) is 2.35. The molecule has 1 amide bonds. The van der Waals surface area contributed by atoms with Gasteiger partial charge in [0.15, 0.2) is 23.1 Å². The number of rotatable bonds is 8. The van der Waals surface area contributed by atoms with Gasteiger partial charge in [-0.1, -0.05) is 5.16 Å². The molecule has 2 aromatic rings. The lowest BCUT2D eigenvalue weighted by Crippen LogP contribution is -2.49. The van der Waals surface area contributed by atoms with Crippen molar-refractivity contribution in [3.05, 3.63) is 29.6 Å². The van der Waals surface area contributed by atoms with E-state index in [-0.39, 0.29) is 11.7 Å². The third-order valence-corrected chi connectivity index (χ3v) is 5.21. The van der Waals surface area contributed by atoms with Crippen LogP contribution >= 0.6 is 0 Å². The van der Waals surface area contributed by atoms with E-state index in [0.717, 1.165) is 32.7 Å². The van der Waals surface area contributed by atoms with Crippen LogP contribution < -0.4 is 9.64 Å². The Bertz CT molecular complexity index is 863. The number of hydrogen-bond donors (Lipinski definition) is 0. The van der Waals surface area contributed by atoms with Crippen LogP contribution in [-0.4, -0.2) is 88.5 Å². The maximum absolute atomic E-state index is 13.8. The topological polar surface area (TPSA) is 71.3 Å². The van der Waals surface area contributed by atoms with Gasteiger partial charge in [0.2, 0.25) is 0 Å². The fraction of sp³-hybridized carbons (Fsp3) is 0.524. The fourth-order valence-corrected chi connectivity index (χ4v) is 3.54. The maximum Gasteiger partial charge on any atom is 0.261 e. The van der Waals surface area contributed by atoms with E-state index in [9.17, 15) is 9.18 Å². The standard InChI is InChI=1S/C21H29FN4O4/c1-24(2)20-18(19(30-23-20)15-6-7-16(22)17(14-15)29-4)21(27)26-11-9-25(10-12-26)8-5-13-28-3/h6-7,14H,5,8-13H2,1-4H3. The molecule has 1 aliphatic heterocycles. The molecule has 30 heavy (non-hydrogen) atoms. The molecule has 0 bridgehead atoms. The summed E-state index contributed by atoms with van der Waals surface area (Å²) in [4.78, 5) is 19.3. The summed E-state index contributed by atoms with van der Waals surface area (Å²) in [5.41, 5.74) is 0.914. The maximum atomic E-state index is 13.8.